The molecule has 0 aliphatic carbocycles. The van der Waals surface area contributed by atoms with Gasteiger partial charge >= 0.3 is 11.8 Å². The molecule has 0 N–H and O–H groups in total. The Kier molecular flexibility index (Phi) is 4.50. The van der Waals surface area contributed by atoms with Crippen LogP contribution in [0.3, 0.4) is 0 Å². The van der Waals surface area contributed by atoms with Gasteiger partial charge in [-0.1, -0.05) is 59.3 Å². The van der Waals surface area contributed by atoms with Gasteiger partial charge in [-0.05, 0) is 38.8 Å². The monoisotopic (exact) mass is 352 g/mol. The Labute approximate surface area is 151 Å². The molecule has 0 saturated carbocycles. The van der Waals surface area contributed by atoms with Gasteiger partial charge in [0.25, 0.3) is 0 Å². The maximum Gasteiger partial charge on any atom is 0.451 e. The fourth-order valence-corrected chi connectivity index (χ4v) is 2.55. The molecular weight excluding hydrogens is 332 g/mol. The van der Waals surface area contributed by atoms with Crippen LogP contribution in [0, 0.1) is 6.92 Å². The van der Waals surface area contributed by atoms with Crippen molar-refractivity contribution in [2.24, 2.45) is 0 Å². The Morgan fingerprint density at radius 1 is 1.04 bits per heavy atom. The molecule has 3 aromatic rings. The van der Waals surface area contributed by atoms with E-state index in [0.717, 1.165) is 21.3 Å². The number of carbonyl (C=O) groups excluding carboxylic acids is 1. The number of benzene rings is 2. The van der Waals surface area contributed by atoms with Crippen LogP contribution in [-0.4, -0.2) is 21.4 Å². The fraction of sp³-hybridized carbons (Fsp3) is 0.250. The summed E-state index contributed by atoms with van der Waals surface area (Å²) in [6, 6.07) is 15.3. The first-order valence-electron chi connectivity index (χ1n) is 8.25. The van der Waals surface area contributed by atoms with E-state index in [0.29, 0.717) is 5.56 Å². The summed E-state index contributed by atoms with van der Waals surface area (Å²) >= 11 is 0. The Morgan fingerprint density at radius 3 is 2.27 bits per heavy atom. The van der Waals surface area contributed by atoms with E-state index in [-0.39, 0.29) is 5.82 Å². The third-order valence-electron chi connectivity index (χ3n) is 3.71. The number of hydrogen-bond acceptors (Lipinski definition) is 5. The van der Waals surface area contributed by atoms with Crippen LogP contribution in [0.5, 0.6) is 0 Å². The van der Waals surface area contributed by atoms with Crippen LogP contribution >= 0.6 is 0 Å². The maximum absolute atomic E-state index is 12.5. The minimum atomic E-state index is -0.882. The molecule has 0 aliphatic rings. The molecule has 0 spiro atoms. The van der Waals surface area contributed by atoms with Gasteiger partial charge in [-0.25, -0.2) is 9.59 Å². The van der Waals surface area contributed by atoms with Crippen LogP contribution < -0.4 is 5.76 Å². The summed E-state index contributed by atoms with van der Waals surface area (Å²) in [6.07, 6.45) is -0.822. The molecule has 0 fully saturated rings. The van der Waals surface area contributed by atoms with Gasteiger partial charge in [0.2, 0.25) is 0 Å². The fourth-order valence-electron chi connectivity index (χ4n) is 2.55. The molecule has 134 valence electrons. The Morgan fingerprint density at radius 2 is 1.65 bits per heavy atom. The van der Waals surface area contributed by atoms with E-state index in [4.69, 9.17) is 9.26 Å². The highest BCUT2D eigenvalue weighted by atomic mass is 16.6. The molecule has 26 heavy (non-hydrogen) atoms. The summed E-state index contributed by atoms with van der Waals surface area (Å²) < 4.78 is 10.9. The van der Waals surface area contributed by atoms with Gasteiger partial charge < -0.3 is 4.74 Å². The van der Waals surface area contributed by atoms with Gasteiger partial charge in [-0.15, -0.1) is 0 Å². The Hall–Kier alpha value is -3.15. The van der Waals surface area contributed by atoms with Crippen molar-refractivity contribution < 1.29 is 14.1 Å². The molecule has 0 aliphatic heterocycles. The molecule has 3 rings (SSSR count). The van der Waals surface area contributed by atoms with E-state index >= 15 is 0 Å². The second kappa shape index (κ2) is 6.63. The van der Waals surface area contributed by atoms with Crippen LogP contribution in [0.4, 0.5) is 4.79 Å². The first kappa shape index (κ1) is 17.7. The number of ether oxygens (including phenoxy) is 1. The lowest BCUT2D eigenvalue weighted by atomic mass is 9.98. The molecule has 0 saturated heterocycles. The highest BCUT2D eigenvalue weighted by Crippen LogP contribution is 2.31. The standard InChI is InChI=1S/C20H20N2O4/c1-13-9-11-14(12-10-13)15-7-5-6-8-16(15)17-21-26-19(24)22(17)18(23)25-20(2,3)4/h5-12H,1-4H3. The molecule has 2 aromatic carbocycles. The minimum absolute atomic E-state index is 0.112. The lowest BCUT2D eigenvalue weighted by molar-refractivity contribution is 0.0528. The predicted molar refractivity (Wildman–Crippen MR) is 98.0 cm³/mol. The van der Waals surface area contributed by atoms with E-state index in [1.165, 1.54) is 0 Å². The van der Waals surface area contributed by atoms with Crippen LogP contribution in [0.25, 0.3) is 22.5 Å². The second-order valence-corrected chi connectivity index (χ2v) is 7.00. The summed E-state index contributed by atoms with van der Waals surface area (Å²) in [7, 11) is 0. The van der Waals surface area contributed by atoms with Gasteiger partial charge in [0.1, 0.15) is 5.60 Å². The van der Waals surface area contributed by atoms with Crippen LogP contribution in [0.15, 0.2) is 57.8 Å². The average Bonchev–Trinajstić information content (AvgIpc) is 2.96. The van der Waals surface area contributed by atoms with Crippen LogP contribution in [-0.2, 0) is 4.74 Å². The topological polar surface area (TPSA) is 74.3 Å². The molecule has 0 amide bonds. The van der Waals surface area contributed by atoms with Crippen LogP contribution in [0.2, 0.25) is 0 Å². The molecule has 1 heterocycles. The van der Waals surface area contributed by atoms with Gasteiger partial charge in [0.15, 0.2) is 5.82 Å². The van der Waals surface area contributed by atoms with Crippen LogP contribution in [0.1, 0.15) is 26.3 Å². The minimum Gasteiger partial charge on any atom is -0.443 e. The number of nitrogens with zero attached hydrogens (tertiary/aromatic N) is 2. The van der Waals surface area contributed by atoms with Crippen molar-refractivity contribution in [2.45, 2.75) is 33.3 Å². The van der Waals surface area contributed by atoms with Gasteiger partial charge in [0, 0.05) is 5.56 Å². The van der Waals surface area contributed by atoms with Crippen molar-refractivity contribution in [1.82, 2.24) is 9.72 Å². The SMILES string of the molecule is Cc1ccc(-c2ccccc2-c2noc(=O)n2C(=O)OC(C)(C)C)cc1. The first-order valence-corrected chi connectivity index (χ1v) is 8.25. The van der Waals surface area contributed by atoms with Gasteiger partial charge in [-0.2, -0.15) is 4.57 Å². The van der Waals surface area contributed by atoms with Crippen molar-refractivity contribution in [1.29, 1.82) is 0 Å². The molecule has 0 radical (unpaired) electrons. The Balaban J connectivity index is 2.13. The summed E-state index contributed by atoms with van der Waals surface area (Å²) in [5, 5.41) is 3.82. The summed E-state index contributed by atoms with van der Waals surface area (Å²) in [5.41, 5.74) is 2.77. The summed E-state index contributed by atoms with van der Waals surface area (Å²) in [4.78, 5) is 24.5. The Bertz CT molecular complexity index is 992. The molecular formula is C20H20N2O4. The number of carbonyl (C=O) groups is 1. The molecule has 0 bridgehead atoms. The first-order chi connectivity index (χ1) is 12.3. The molecule has 6 heteroatoms. The van der Waals surface area contributed by atoms with Crippen molar-refractivity contribution in [3.63, 3.8) is 0 Å². The zero-order valence-electron chi connectivity index (χ0n) is 15.1. The van der Waals surface area contributed by atoms with Crippen molar-refractivity contribution in [3.8, 4) is 22.5 Å². The third-order valence-corrected chi connectivity index (χ3v) is 3.71. The maximum atomic E-state index is 12.5. The van der Waals surface area contributed by atoms with Crippen molar-refractivity contribution >= 4 is 6.09 Å². The quantitative estimate of drug-likeness (QED) is 0.689. The summed E-state index contributed by atoms with van der Waals surface area (Å²) in [6.45, 7) is 7.18. The lowest BCUT2D eigenvalue weighted by Crippen LogP contribution is -2.32. The van der Waals surface area contributed by atoms with Crippen molar-refractivity contribution in [3.05, 3.63) is 64.6 Å². The number of hydrogen-bond donors (Lipinski definition) is 0. The lowest BCUT2D eigenvalue weighted by Gasteiger charge is -2.19. The average molecular weight is 352 g/mol. The number of aryl methyl sites for hydroxylation is 1. The number of rotatable bonds is 2. The largest absolute Gasteiger partial charge is 0.451 e. The van der Waals surface area contributed by atoms with Gasteiger partial charge in [0.05, 0.1) is 0 Å². The molecule has 6 nitrogen and oxygen atoms in total. The zero-order chi connectivity index (χ0) is 18.9. The van der Waals surface area contributed by atoms with E-state index in [2.05, 4.69) is 5.16 Å². The zero-order valence-corrected chi connectivity index (χ0v) is 15.1. The third kappa shape index (κ3) is 3.59. The van der Waals surface area contributed by atoms with Gasteiger partial charge in [-0.3, -0.25) is 4.52 Å². The van der Waals surface area contributed by atoms with E-state index in [1.807, 2.05) is 49.4 Å². The molecule has 0 unspecified atom stereocenters. The second-order valence-electron chi connectivity index (χ2n) is 7.00. The number of aromatic nitrogens is 2. The highest BCUT2D eigenvalue weighted by molar-refractivity contribution is 5.84. The predicted octanol–water partition coefficient (Wildman–Crippen LogP) is 4.26. The molecule has 1 aromatic heterocycles. The van der Waals surface area contributed by atoms with E-state index in [9.17, 15) is 9.59 Å². The van der Waals surface area contributed by atoms with E-state index in [1.54, 1.807) is 26.8 Å². The normalized spacial score (nSPS) is 11.4. The molecule has 0 atom stereocenters. The van der Waals surface area contributed by atoms with Crippen molar-refractivity contribution in [2.75, 3.05) is 0 Å². The van der Waals surface area contributed by atoms with E-state index < -0.39 is 17.5 Å². The highest BCUT2D eigenvalue weighted by Gasteiger charge is 2.26. The summed E-state index contributed by atoms with van der Waals surface area (Å²) in [5.74, 6) is -0.770. The smallest absolute Gasteiger partial charge is 0.443 e.